The Morgan fingerprint density at radius 2 is 1.90 bits per heavy atom. The summed E-state index contributed by atoms with van der Waals surface area (Å²) in [6, 6.07) is 12.7. The van der Waals surface area contributed by atoms with Gasteiger partial charge in [-0.15, -0.1) is 23.1 Å². The zero-order valence-corrected chi connectivity index (χ0v) is 17.7. The number of thiazole rings is 1. The summed E-state index contributed by atoms with van der Waals surface area (Å²) in [5, 5.41) is 3.30. The molecule has 3 aromatic rings. The molecular formula is C20H17FN2O3S3. The summed E-state index contributed by atoms with van der Waals surface area (Å²) in [6.07, 6.45) is 0.241. The minimum atomic E-state index is -3.54. The van der Waals surface area contributed by atoms with Gasteiger partial charge in [0.1, 0.15) is 5.82 Å². The highest BCUT2D eigenvalue weighted by molar-refractivity contribution is 7.98. The van der Waals surface area contributed by atoms with Crippen molar-refractivity contribution < 1.29 is 17.6 Å². The van der Waals surface area contributed by atoms with E-state index in [1.807, 2.05) is 18.2 Å². The first kappa shape index (κ1) is 20.1. The van der Waals surface area contributed by atoms with Crippen LogP contribution in [0.15, 0.2) is 58.3 Å². The largest absolute Gasteiger partial charge is 0.302 e. The van der Waals surface area contributed by atoms with E-state index in [2.05, 4.69) is 16.4 Å². The maximum Gasteiger partial charge on any atom is 0.226 e. The number of nitrogens with zero attached hydrogens (tertiary/aromatic N) is 1. The normalized spacial score (nSPS) is 12.9. The number of amides is 1. The first-order chi connectivity index (χ1) is 13.9. The van der Waals surface area contributed by atoms with Crippen LogP contribution < -0.4 is 5.32 Å². The fourth-order valence-electron chi connectivity index (χ4n) is 3.01. The maximum absolute atomic E-state index is 13.0. The summed E-state index contributed by atoms with van der Waals surface area (Å²) >= 11 is 3.19. The number of sulfone groups is 1. The molecule has 2 aromatic carbocycles. The van der Waals surface area contributed by atoms with Gasteiger partial charge in [-0.05, 0) is 36.8 Å². The van der Waals surface area contributed by atoms with Crippen LogP contribution >= 0.6 is 23.1 Å². The zero-order valence-electron chi connectivity index (χ0n) is 15.2. The third kappa shape index (κ3) is 4.52. The molecule has 150 valence electrons. The van der Waals surface area contributed by atoms with E-state index in [0.717, 1.165) is 34.0 Å². The van der Waals surface area contributed by atoms with Crippen molar-refractivity contribution in [1.82, 2.24) is 4.98 Å². The fourth-order valence-corrected chi connectivity index (χ4v) is 6.44. The van der Waals surface area contributed by atoms with Crippen molar-refractivity contribution in [3.05, 3.63) is 59.2 Å². The van der Waals surface area contributed by atoms with Crippen LogP contribution in [0.4, 0.5) is 9.52 Å². The van der Waals surface area contributed by atoms with E-state index in [-0.39, 0.29) is 29.4 Å². The van der Waals surface area contributed by atoms with Gasteiger partial charge in [-0.1, -0.05) is 18.2 Å². The Morgan fingerprint density at radius 3 is 2.69 bits per heavy atom. The number of halogens is 1. The second-order valence-corrected chi connectivity index (χ2v) is 10.7. The predicted octanol–water partition coefficient (Wildman–Crippen LogP) is 4.75. The van der Waals surface area contributed by atoms with E-state index in [4.69, 9.17) is 0 Å². The zero-order chi connectivity index (χ0) is 20.4. The van der Waals surface area contributed by atoms with Gasteiger partial charge >= 0.3 is 0 Å². The highest BCUT2D eigenvalue weighted by Crippen LogP contribution is 2.44. The average Bonchev–Trinajstić information content (AvgIpc) is 3.11. The smallest absolute Gasteiger partial charge is 0.226 e. The molecule has 0 saturated heterocycles. The van der Waals surface area contributed by atoms with Crippen molar-refractivity contribution in [3.8, 4) is 11.3 Å². The Morgan fingerprint density at radius 1 is 1.14 bits per heavy atom. The topological polar surface area (TPSA) is 76.1 Å². The first-order valence-corrected chi connectivity index (χ1v) is 12.4. The highest BCUT2D eigenvalue weighted by Gasteiger charge is 2.22. The van der Waals surface area contributed by atoms with Crippen molar-refractivity contribution in [2.75, 3.05) is 11.1 Å². The Labute approximate surface area is 176 Å². The molecule has 5 nitrogen and oxygen atoms in total. The number of hydrogen-bond donors (Lipinski definition) is 1. The molecule has 2 heterocycles. The number of carbonyl (C=O) groups is 1. The van der Waals surface area contributed by atoms with Gasteiger partial charge in [0, 0.05) is 27.5 Å². The van der Waals surface area contributed by atoms with Crippen LogP contribution in [0.3, 0.4) is 0 Å². The molecule has 1 aliphatic rings. The minimum Gasteiger partial charge on any atom is -0.302 e. The van der Waals surface area contributed by atoms with Gasteiger partial charge in [0.05, 0.1) is 16.3 Å². The molecule has 0 unspecified atom stereocenters. The number of aromatic nitrogens is 1. The van der Waals surface area contributed by atoms with E-state index in [1.165, 1.54) is 28.4 Å². The summed E-state index contributed by atoms with van der Waals surface area (Å²) in [6.45, 7) is 0. The second kappa shape index (κ2) is 8.25. The van der Waals surface area contributed by atoms with E-state index in [0.29, 0.717) is 5.13 Å². The summed E-state index contributed by atoms with van der Waals surface area (Å²) in [5.74, 6) is -0.123. The van der Waals surface area contributed by atoms with Crippen LogP contribution in [0.25, 0.3) is 11.3 Å². The quantitative estimate of drug-likeness (QED) is 0.551. The number of benzene rings is 2. The number of nitrogens with one attached hydrogen (secondary N) is 1. The third-order valence-electron chi connectivity index (χ3n) is 4.43. The van der Waals surface area contributed by atoms with E-state index >= 15 is 0 Å². The Hall–Kier alpha value is -2.23. The van der Waals surface area contributed by atoms with Crippen LogP contribution in [0, 0.1) is 5.82 Å². The van der Waals surface area contributed by atoms with Crippen LogP contribution in [0.5, 0.6) is 0 Å². The molecule has 4 rings (SSSR count). The molecule has 0 radical (unpaired) electrons. The van der Waals surface area contributed by atoms with Gasteiger partial charge in [0.25, 0.3) is 0 Å². The Bertz CT molecular complexity index is 1160. The van der Waals surface area contributed by atoms with Crippen LogP contribution in [0.2, 0.25) is 0 Å². The summed E-state index contributed by atoms with van der Waals surface area (Å²) < 4.78 is 37.5. The lowest BCUT2D eigenvalue weighted by Gasteiger charge is -2.13. The molecule has 0 spiro atoms. The molecular weight excluding hydrogens is 431 g/mol. The van der Waals surface area contributed by atoms with E-state index in [9.17, 15) is 17.6 Å². The second-order valence-electron chi connectivity index (χ2n) is 6.50. The number of rotatable bonds is 6. The molecule has 1 amide bonds. The SMILES string of the molecule is O=C(CCCS(=O)(=O)c1ccc(F)cc1)Nc1nc2c(s1)CSc1ccccc1-2. The summed E-state index contributed by atoms with van der Waals surface area (Å²) in [4.78, 5) is 19.2. The third-order valence-corrected chi connectivity index (χ3v) is 8.50. The van der Waals surface area contributed by atoms with Gasteiger partial charge < -0.3 is 5.32 Å². The highest BCUT2D eigenvalue weighted by atomic mass is 32.2. The molecule has 0 fully saturated rings. The molecule has 0 bridgehead atoms. The molecule has 1 aromatic heterocycles. The van der Waals surface area contributed by atoms with E-state index < -0.39 is 15.7 Å². The van der Waals surface area contributed by atoms with Crippen molar-refractivity contribution in [2.24, 2.45) is 0 Å². The lowest BCUT2D eigenvalue weighted by molar-refractivity contribution is -0.116. The summed E-state index contributed by atoms with van der Waals surface area (Å²) in [7, 11) is -3.54. The van der Waals surface area contributed by atoms with Crippen molar-refractivity contribution in [3.63, 3.8) is 0 Å². The lowest BCUT2D eigenvalue weighted by atomic mass is 10.1. The van der Waals surface area contributed by atoms with Gasteiger partial charge in [0.2, 0.25) is 5.91 Å². The molecule has 0 atom stereocenters. The number of hydrogen-bond acceptors (Lipinski definition) is 6. The number of anilines is 1. The number of thioether (sulfide) groups is 1. The van der Waals surface area contributed by atoms with Crippen LogP contribution in [0.1, 0.15) is 17.7 Å². The van der Waals surface area contributed by atoms with Crippen molar-refractivity contribution in [2.45, 2.75) is 28.4 Å². The summed E-state index contributed by atoms with van der Waals surface area (Å²) in [5.41, 5.74) is 1.97. The van der Waals surface area contributed by atoms with Gasteiger partial charge in [-0.3, -0.25) is 4.79 Å². The van der Waals surface area contributed by atoms with Gasteiger partial charge in [0.15, 0.2) is 15.0 Å². The lowest BCUT2D eigenvalue weighted by Crippen LogP contribution is -2.14. The molecule has 0 aliphatic carbocycles. The van der Waals surface area contributed by atoms with Crippen molar-refractivity contribution >= 4 is 44.0 Å². The Balaban J connectivity index is 1.35. The standard InChI is InChI=1S/C20H17FN2O3S3/c21-13-7-9-14(10-8-13)29(25,26)11-3-6-18(24)22-20-23-19-15-4-1-2-5-16(15)27-12-17(19)28-20/h1-2,4-5,7-10H,3,6,11-12H2,(H,22,23,24). The molecule has 0 saturated carbocycles. The average molecular weight is 449 g/mol. The monoisotopic (exact) mass is 448 g/mol. The van der Waals surface area contributed by atoms with Crippen molar-refractivity contribution in [1.29, 1.82) is 0 Å². The molecule has 1 N–H and O–H groups in total. The van der Waals surface area contributed by atoms with E-state index in [1.54, 1.807) is 11.8 Å². The minimum absolute atomic E-state index is 0.0584. The number of fused-ring (bicyclic) bond motifs is 3. The fraction of sp³-hybridized carbons (Fsp3) is 0.200. The maximum atomic E-state index is 13.0. The van der Waals surface area contributed by atoms with Crippen LogP contribution in [-0.2, 0) is 20.4 Å². The molecule has 1 aliphatic heterocycles. The van der Waals surface area contributed by atoms with Crippen LogP contribution in [-0.4, -0.2) is 25.1 Å². The Kier molecular flexibility index (Phi) is 5.71. The van der Waals surface area contributed by atoms with Gasteiger partial charge in [-0.2, -0.15) is 0 Å². The molecule has 9 heteroatoms. The predicted molar refractivity (Wildman–Crippen MR) is 113 cm³/mol. The first-order valence-electron chi connectivity index (χ1n) is 8.92. The number of carbonyl (C=O) groups excluding carboxylic acids is 1. The van der Waals surface area contributed by atoms with Gasteiger partial charge in [-0.25, -0.2) is 17.8 Å². The molecule has 29 heavy (non-hydrogen) atoms.